The van der Waals surface area contributed by atoms with Crippen LogP contribution in [0.15, 0.2) is 83.4 Å². The summed E-state index contributed by atoms with van der Waals surface area (Å²) in [4.78, 5) is 6.64. The van der Waals surface area contributed by atoms with E-state index in [4.69, 9.17) is 44.6 Å². The quantitative estimate of drug-likeness (QED) is 0.262. The van der Waals surface area contributed by atoms with Crippen molar-refractivity contribution in [3.63, 3.8) is 0 Å². The number of halogens is 2. The maximum absolute atomic E-state index is 6.45. The van der Waals surface area contributed by atoms with E-state index in [1.54, 1.807) is 18.3 Å². The van der Waals surface area contributed by atoms with Gasteiger partial charge in [-0.2, -0.15) is 0 Å². The van der Waals surface area contributed by atoms with Gasteiger partial charge in [-0.3, -0.25) is 4.98 Å². The zero-order valence-corrected chi connectivity index (χ0v) is 21.4. The number of furan rings is 1. The molecule has 0 aliphatic carbocycles. The van der Waals surface area contributed by atoms with Crippen molar-refractivity contribution in [2.75, 3.05) is 4.90 Å². The molecular formula is C27H23Cl2N3O2S. The van der Waals surface area contributed by atoms with Crippen molar-refractivity contribution in [3.05, 3.63) is 100 Å². The number of pyridine rings is 1. The summed E-state index contributed by atoms with van der Waals surface area (Å²) in [5.74, 6) is 2.19. The normalized spacial score (nSPS) is 17.6. The third-order valence-electron chi connectivity index (χ3n) is 5.70. The third-order valence-corrected chi connectivity index (χ3v) is 6.56. The lowest BCUT2D eigenvalue weighted by Gasteiger charge is -2.26. The van der Waals surface area contributed by atoms with E-state index in [1.807, 2.05) is 74.5 Å². The van der Waals surface area contributed by atoms with Gasteiger partial charge in [0.25, 0.3) is 0 Å². The molecule has 2 atom stereocenters. The number of nitrogens with one attached hydrogen (secondary N) is 1. The lowest BCUT2D eigenvalue weighted by molar-refractivity contribution is 0.242. The highest BCUT2D eigenvalue weighted by molar-refractivity contribution is 7.80. The Morgan fingerprint density at radius 2 is 1.83 bits per heavy atom. The molecule has 1 aliphatic heterocycles. The first kappa shape index (κ1) is 23.7. The fraction of sp³-hybridized carbons (Fsp3) is 0.185. The third kappa shape index (κ3) is 4.87. The zero-order chi connectivity index (χ0) is 24.5. The molecule has 3 heterocycles. The van der Waals surface area contributed by atoms with E-state index in [-0.39, 0.29) is 18.2 Å². The highest BCUT2D eigenvalue weighted by Gasteiger charge is 2.42. The minimum atomic E-state index is -0.269. The number of hydrogen-bond donors (Lipinski definition) is 1. The standard InChI is InChI=1S/C27H23Cl2N3O2S/c1-16(2)33-19-9-7-18(8-10-19)32-26(25(31-27(32)35)22-5-3-4-14-30-22)24-13-12-23(34-24)20-11-6-17(28)15-21(20)29/h3-16,25-26H,1-2H3,(H,31,35)/t25-,26-/m0/s1. The van der Waals surface area contributed by atoms with Crippen LogP contribution in [-0.2, 0) is 0 Å². The highest BCUT2D eigenvalue weighted by atomic mass is 35.5. The smallest absolute Gasteiger partial charge is 0.174 e. The van der Waals surface area contributed by atoms with Crippen LogP contribution < -0.4 is 15.0 Å². The number of anilines is 1. The van der Waals surface area contributed by atoms with Crippen molar-refractivity contribution in [3.8, 4) is 17.1 Å². The summed E-state index contributed by atoms with van der Waals surface area (Å²) in [5, 5.41) is 5.13. The van der Waals surface area contributed by atoms with Crippen molar-refractivity contribution in [2.24, 2.45) is 0 Å². The molecule has 0 spiro atoms. The first-order valence-corrected chi connectivity index (χ1v) is 12.4. The Balaban J connectivity index is 1.56. The topological polar surface area (TPSA) is 50.5 Å². The summed E-state index contributed by atoms with van der Waals surface area (Å²) in [5.41, 5.74) is 2.56. The largest absolute Gasteiger partial charge is 0.491 e. The van der Waals surface area contributed by atoms with Gasteiger partial charge in [-0.05, 0) is 92.8 Å². The van der Waals surface area contributed by atoms with Crippen molar-refractivity contribution >= 4 is 46.2 Å². The van der Waals surface area contributed by atoms with Crippen LogP contribution in [0.2, 0.25) is 10.0 Å². The highest BCUT2D eigenvalue weighted by Crippen LogP contribution is 2.43. The van der Waals surface area contributed by atoms with Crippen LogP contribution in [0, 0.1) is 0 Å². The predicted molar refractivity (Wildman–Crippen MR) is 144 cm³/mol. The van der Waals surface area contributed by atoms with Crippen LogP contribution in [0.4, 0.5) is 5.69 Å². The number of nitrogens with zero attached hydrogens (tertiary/aromatic N) is 2. The van der Waals surface area contributed by atoms with Crippen molar-refractivity contribution < 1.29 is 9.15 Å². The number of rotatable bonds is 6. The van der Waals surface area contributed by atoms with Gasteiger partial charge in [-0.1, -0.05) is 29.3 Å². The average Bonchev–Trinajstić information content (AvgIpc) is 3.44. The Morgan fingerprint density at radius 3 is 2.51 bits per heavy atom. The average molecular weight is 524 g/mol. The lowest BCUT2D eigenvalue weighted by atomic mass is 10.0. The maximum atomic E-state index is 6.45. The van der Waals surface area contributed by atoms with Gasteiger partial charge < -0.3 is 19.4 Å². The van der Waals surface area contributed by atoms with E-state index in [0.717, 1.165) is 28.5 Å². The Hall–Kier alpha value is -3.06. The Kier molecular flexibility index (Phi) is 6.69. The zero-order valence-electron chi connectivity index (χ0n) is 19.1. The molecule has 1 N–H and O–H groups in total. The van der Waals surface area contributed by atoms with E-state index < -0.39 is 0 Å². The molecule has 0 radical (unpaired) electrons. The number of thiocarbonyl (C=S) groups is 1. The minimum Gasteiger partial charge on any atom is -0.491 e. The molecule has 0 amide bonds. The van der Waals surface area contributed by atoms with Gasteiger partial charge in [0.2, 0.25) is 0 Å². The van der Waals surface area contributed by atoms with Crippen LogP contribution >= 0.6 is 35.4 Å². The number of ether oxygens (including phenoxy) is 1. The van der Waals surface area contributed by atoms with E-state index in [2.05, 4.69) is 15.2 Å². The molecule has 1 fully saturated rings. The number of benzene rings is 2. The first-order chi connectivity index (χ1) is 16.9. The fourth-order valence-corrected chi connectivity index (χ4v) is 5.07. The van der Waals surface area contributed by atoms with Crippen LogP contribution in [0.25, 0.3) is 11.3 Å². The second-order valence-corrected chi connectivity index (χ2v) is 9.71. The SMILES string of the molecule is CC(C)Oc1ccc(N2C(=S)N[C@@H](c3ccccn3)[C@@H]2c2ccc(-c3ccc(Cl)cc3Cl)o2)cc1. The summed E-state index contributed by atoms with van der Waals surface area (Å²) in [6.07, 6.45) is 1.87. The van der Waals surface area contributed by atoms with E-state index in [0.29, 0.717) is 20.9 Å². The van der Waals surface area contributed by atoms with Gasteiger partial charge in [-0.15, -0.1) is 0 Å². The Morgan fingerprint density at radius 1 is 1.03 bits per heavy atom. The predicted octanol–water partition coefficient (Wildman–Crippen LogP) is 7.61. The summed E-state index contributed by atoms with van der Waals surface area (Å²) >= 11 is 18.3. The van der Waals surface area contributed by atoms with Crippen LogP contribution in [-0.4, -0.2) is 16.2 Å². The Bertz CT molecular complexity index is 1340. The minimum absolute atomic E-state index is 0.0953. The summed E-state index contributed by atoms with van der Waals surface area (Å²) < 4.78 is 12.2. The summed E-state index contributed by atoms with van der Waals surface area (Å²) in [7, 11) is 0. The molecule has 1 saturated heterocycles. The molecule has 0 saturated carbocycles. The molecule has 35 heavy (non-hydrogen) atoms. The lowest BCUT2D eigenvalue weighted by Crippen LogP contribution is -2.29. The van der Waals surface area contributed by atoms with Gasteiger partial charge in [0.1, 0.15) is 23.3 Å². The van der Waals surface area contributed by atoms with E-state index in [9.17, 15) is 0 Å². The molecule has 5 nitrogen and oxygen atoms in total. The van der Waals surface area contributed by atoms with Gasteiger partial charge >= 0.3 is 0 Å². The molecular weight excluding hydrogens is 501 g/mol. The molecule has 178 valence electrons. The second kappa shape index (κ2) is 9.90. The van der Waals surface area contributed by atoms with Crippen molar-refractivity contribution in [1.29, 1.82) is 0 Å². The van der Waals surface area contributed by atoms with Crippen LogP contribution in [0.1, 0.15) is 37.4 Å². The molecule has 2 aromatic heterocycles. The monoisotopic (exact) mass is 523 g/mol. The molecule has 1 aliphatic rings. The van der Waals surface area contributed by atoms with Crippen molar-refractivity contribution in [1.82, 2.24) is 10.3 Å². The maximum Gasteiger partial charge on any atom is 0.174 e. The van der Waals surface area contributed by atoms with Crippen molar-refractivity contribution in [2.45, 2.75) is 32.0 Å². The van der Waals surface area contributed by atoms with Crippen LogP contribution in [0.5, 0.6) is 5.75 Å². The summed E-state index contributed by atoms with van der Waals surface area (Å²) in [6.45, 7) is 4.00. The fourth-order valence-electron chi connectivity index (χ4n) is 4.23. The first-order valence-electron chi connectivity index (χ1n) is 11.2. The van der Waals surface area contributed by atoms with Gasteiger partial charge in [-0.25, -0.2) is 0 Å². The molecule has 8 heteroatoms. The van der Waals surface area contributed by atoms with Crippen LogP contribution in [0.3, 0.4) is 0 Å². The number of aromatic nitrogens is 1. The second-order valence-electron chi connectivity index (χ2n) is 8.48. The van der Waals surface area contributed by atoms with E-state index in [1.165, 1.54) is 0 Å². The molecule has 2 aromatic carbocycles. The van der Waals surface area contributed by atoms with Gasteiger partial charge in [0.15, 0.2) is 5.11 Å². The van der Waals surface area contributed by atoms with Gasteiger partial charge in [0.05, 0.1) is 22.9 Å². The number of hydrogen-bond acceptors (Lipinski definition) is 4. The molecule has 0 unspecified atom stereocenters. The molecule has 0 bridgehead atoms. The van der Waals surface area contributed by atoms with E-state index >= 15 is 0 Å². The molecule has 4 aromatic rings. The summed E-state index contributed by atoms with van der Waals surface area (Å²) in [6, 6.07) is 22.5. The Labute approximate surface area is 219 Å². The van der Waals surface area contributed by atoms with Gasteiger partial charge in [0, 0.05) is 22.5 Å². The molecule has 5 rings (SSSR count).